The molecule has 32 heavy (non-hydrogen) atoms. The highest BCUT2D eigenvalue weighted by Gasteiger charge is 2.48. The zero-order chi connectivity index (χ0) is 22.8. The predicted octanol–water partition coefficient (Wildman–Crippen LogP) is 4.95. The highest BCUT2D eigenvalue weighted by Crippen LogP contribution is 2.43. The van der Waals surface area contributed by atoms with Crippen molar-refractivity contribution in [1.29, 1.82) is 0 Å². The molecule has 4 rings (SSSR count). The number of thiazole rings is 1. The minimum Gasteiger partial charge on any atom is -0.507 e. The van der Waals surface area contributed by atoms with Gasteiger partial charge in [-0.05, 0) is 43.2 Å². The van der Waals surface area contributed by atoms with E-state index in [-0.39, 0.29) is 11.3 Å². The van der Waals surface area contributed by atoms with Crippen molar-refractivity contribution in [1.82, 2.24) is 4.98 Å². The highest BCUT2D eigenvalue weighted by molar-refractivity contribution is 7.14. The van der Waals surface area contributed by atoms with Gasteiger partial charge < -0.3 is 9.84 Å². The lowest BCUT2D eigenvalue weighted by atomic mass is 9.93. The lowest BCUT2D eigenvalue weighted by Crippen LogP contribution is -2.29. The van der Waals surface area contributed by atoms with Crippen molar-refractivity contribution < 1.29 is 19.4 Å². The summed E-state index contributed by atoms with van der Waals surface area (Å²) in [4.78, 5) is 31.8. The van der Waals surface area contributed by atoms with Gasteiger partial charge in [0.2, 0.25) is 0 Å². The Hall–Kier alpha value is -3.71. The molecule has 2 heterocycles. The molecule has 2 aromatic carbocycles. The number of benzene rings is 2. The molecule has 0 bridgehead atoms. The van der Waals surface area contributed by atoms with Crippen molar-refractivity contribution in [2.45, 2.75) is 19.9 Å². The molecule has 1 aliphatic heterocycles. The molecule has 1 atom stereocenters. The molecule has 0 aliphatic carbocycles. The van der Waals surface area contributed by atoms with Gasteiger partial charge in [-0.3, -0.25) is 14.5 Å². The molecule has 7 heteroatoms. The summed E-state index contributed by atoms with van der Waals surface area (Å²) >= 11 is 1.26. The summed E-state index contributed by atoms with van der Waals surface area (Å²) < 4.78 is 5.55. The molecule has 1 amide bonds. The van der Waals surface area contributed by atoms with Crippen LogP contribution in [0.4, 0.5) is 5.13 Å². The molecule has 3 aromatic rings. The summed E-state index contributed by atoms with van der Waals surface area (Å²) in [6.07, 6.45) is 3.22. The zero-order valence-corrected chi connectivity index (χ0v) is 18.6. The Morgan fingerprint density at radius 1 is 1.22 bits per heavy atom. The second-order valence-electron chi connectivity index (χ2n) is 7.47. The first-order valence-electron chi connectivity index (χ1n) is 10.0. The maximum Gasteiger partial charge on any atom is 0.301 e. The summed E-state index contributed by atoms with van der Waals surface area (Å²) in [6.45, 7) is 7.76. The molecule has 1 N–H and O–H groups in total. The van der Waals surface area contributed by atoms with E-state index in [2.05, 4.69) is 11.6 Å². The van der Waals surface area contributed by atoms with Crippen LogP contribution in [-0.2, 0) is 9.59 Å². The third-order valence-corrected chi connectivity index (χ3v) is 6.05. The summed E-state index contributed by atoms with van der Waals surface area (Å²) in [5.74, 6) is -1.02. The number of hydrogen-bond acceptors (Lipinski definition) is 6. The van der Waals surface area contributed by atoms with Gasteiger partial charge >= 0.3 is 5.91 Å². The average molecular weight is 447 g/mol. The molecule has 6 nitrogen and oxygen atoms in total. The van der Waals surface area contributed by atoms with Crippen molar-refractivity contribution in [3.05, 3.63) is 94.5 Å². The van der Waals surface area contributed by atoms with E-state index in [1.54, 1.807) is 41.9 Å². The number of aliphatic hydroxyl groups is 1. The SMILES string of the molecule is C=CCOc1ccc(C2C(=C(O)c3cc(C)ccc3C)C(=O)C(=O)N2c2nccs2)cc1. The van der Waals surface area contributed by atoms with Crippen molar-refractivity contribution >= 4 is 33.9 Å². The van der Waals surface area contributed by atoms with Gasteiger partial charge in [-0.1, -0.05) is 42.5 Å². The van der Waals surface area contributed by atoms with Crippen LogP contribution in [0.5, 0.6) is 5.75 Å². The number of aromatic nitrogens is 1. The number of aliphatic hydroxyl groups excluding tert-OH is 1. The first-order valence-corrected chi connectivity index (χ1v) is 10.9. The molecule has 0 spiro atoms. The average Bonchev–Trinajstić information content (AvgIpc) is 3.41. The quantitative estimate of drug-likeness (QED) is 0.251. The van der Waals surface area contributed by atoms with Gasteiger partial charge in [0.25, 0.3) is 5.78 Å². The van der Waals surface area contributed by atoms with Crippen LogP contribution in [0.2, 0.25) is 0 Å². The number of hydrogen-bond donors (Lipinski definition) is 1. The third-order valence-electron chi connectivity index (χ3n) is 5.28. The lowest BCUT2D eigenvalue weighted by Gasteiger charge is -2.23. The Morgan fingerprint density at radius 2 is 1.97 bits per heavy atom. The highest BCUT2D eigenvalue weighted by atomic mass is 32.1. The fourth-order valence-corrected chi connectivity index (χ4v) is 4.38. The molecule has 1 aliphatic rings. The number of amides is 1. The lowest BCUT2D eigenvalue weighted by molar-refractivity contribution is -0.132. The van der Waals surface area contributed by atoms with Crippen LogP contribution in [-0.4, -0.2) is 28.4 Å². The Balaban J connectivity index is 1.89. The standard InChI is InChI=1S/C25H22N2O4S/c1-4-12-31-18-9-7-17(8-10-18)21-20(22(28)19-14-15(2)5-6-16(19)3)23(29)24(30)27(21)25-26-11-13-32-25/h4-11,13-14,21,28H,1,12H2,2-3H3. The Morgan fingerprint density at radius 3 is 2.62 bits per heavy atom. The first-order chi connectivity index (χ1) is 15.4. The van der Waals surface area contributed by atoms with Crippen LogP contribution in [0.3, 0.4) is 0 Å². The topological polar surface area (TPSA) is 79.7 Å². The van der Waals surface area contributed by atoms with E-state index in [9.17, 15) is 14.7 Å². The van der Waals surface area contributed by atoms with Gasteiger partial charge in [0.05, 0.1) is 11.6 Å². The third kappa shape index (κ3) is 3.83. The molecule has 1 unspecified atom stereocenters. The van der Waals surface area contributed by atoms with E-state index in [0.717, 1.165) is 11.1 Å². The monoisotopic (exact) mass is 446 g/mol. The van der Waals surface area contributed by atoms with Gasteiger partial charge in [0, 0.05) is 17.1 Å². The van der Waals surface area contributed by atoms with E-state index in [1.165, 1.54) is 16.2 Å². The van der Waals surface area contributed by atoms with Crippen LogP contribution >= 0.6 is 11.3 Å². The van der Waals surface area contributed by atoms with Crippen molar-refractivity contribution in [3.8, 4) is 5.75 Å². The largest absolute Gasteiger partial charge is 0.507 e. The molecule has 1 saturated heterocycles. The van der Waals surface area contributed by atoms with Crippen LogP contribution in [0.25, 0.3) is 5.76 Å². The second kappa shape index (κ2) is 8.80. The van der Waals surface area contributed by atoms with Crippen LogP contribution in [0.1, 0.15) is 28.3 Å². The molecule has 0 radical (unpaired) electrons. The first kappa shape index (κ1) is 21.5. The van der Waals surface area contributed by atoms with E-state index in [0.29, 0.717) is 28.6 Å². The van der Waals surface area contributed by atoms with Crippen LogP contribution < -0.4 is 9.64 Å². The summed E-state index contributed by atoms with van der Waals surface area (Å²) in [6, 6.07) is 11.9. The maximum absolute atomic E-state index is 13.1. The summed E-state index contributed by atoms with van der Waals surface area (Å²) in [5, 5.41) is 13.4. The van der Waals surface area contributed by atoms with Gasteiger partial charge in [0.15, 0.2) is 5.13 Å². The number of ketones is 1. The van der Waals surface area contributed by atoms with Crippen molar-refractivity contribution in [2.24, 2.45) is 0 Å². The zero-order valence-electron chi connectivity index (χ0n) is 17.7. The van der Waals surface area contributed by atoms with Gasteiger partial charge in [-0.15, -0.1) is 11.3 Å². The molecule has 1 aromatic heterocycles. The minimum absolute atomic E-state index is 0.0404. The smallest absolute Gasteiger partial charge is 0.301 e. The van der Waals surface area contributed by atoms with Crippen molar-refractivity contribution in [3.63, 3.8) is 0 Å². The number of anilines is 1. The van der Waals surface area contributed by atoms with Crippen LogP contribution in [0.15, 0.2) is 72.3 Å². The molecule has 162 valence electrons. The van der Waals surface area contributed by atoms with E-state index in [1.807, 2.05) is 32.0 Å². The second-order valence-corrected chi connectivity index (χ2v) is 8.34. The molecular weight excluding hydrogens is 424 g/mol. The summed E-state index contributed by atoms with van der Waals surface area (Å²) in [5.41, 5.74) is 2.97. The van der Waals surface area contributed by atoms with E-state index < -0.39 is 17.7 Å². The van der Waals surface area contributed by atoms with E-state index in [4.69, 9.17) is 4.74 Å². The number of nitrogens with zero attached hydrogens (tertiary/aromatic N) is 2. The number of rotatable bonds is 6. The number of aryl methyl sites for hydroxylation is 2. The number of carbonyl (C=O) groups is 2. The van der Waals surface area contributed by atoms with Crippen LogP contribution in [0, 0.1) is 13.8 Å². The number of ether oxygens (including phenoxy) is 1. The maximum atomic E-state index is 13.1. The number of Topliss-reactive ketones (excluding diaryl/α,β-unsaturated/α-hetero) is 1. The fraction of sp³-hybridized carbons (Fsp3) is 0.160. The molecule has 1 fully saturated rings. The Bertz CT molecular complexity index is 1210. The fourth-order valence-electron chi connectivity index (χ4n) is 3.72. The predicted molar refractivity (Wildman–Crippen MR) is 125 cm³/mol. The number of carbonyl (C=O) groups excluding carboxylic acids is 2. The molecule has 0 saturated carbocycles. The summed E-state index contributed by atoms with van der Waals surface area (Å²) in [7, 11) is 0. The van der Waals surface area contributed by atoms with E-state index >= 15 is 0 Å². The van der Waals surface area contributed by atoms with Gasteiger partial charge in [0.1, 0.15) is 18.1 Å². The van der Waals surface area contributed by atoms with Crippen molar-refractivity contribution in [2.75, 3.05) is 11.5 Å². The normalized spacial score (nSPS) is 17.6. The Labute approximate surface area is 190 Å². The minimum atomic E-state index is -0.811. The molecular formula is C25H22N2O4S. The Kier molecular flexibility index (Phi) is 5.92. The van der Waals surface area contributed by atoms with Gasteiger partial charge in [-0.25, -0.2) is 4.98 Å². The van der Waals surface area contributed by atoms with Gasteiger partial charge in [-0.2, -0.15) is 0 Å².